The lowest BCUT2D eigenvalue weighted by atomic mass is 9.95. The van der Waals surface area contributed by atoms with Crippen LogP contribution in [0.4, 0.5) is 10.5 Å². The van der Waals surface area contributed by atoms with E-state index in [1.165, 1.54) is 0 Å². The van der Waals surface area contributed by atoms with Crippen LogP contribution in [0.15, 0.2) is 30.3 Å². The number of benzene rings is 1. The van der Waals surface area contributed by atoms with Crippen molar-refractivity contribution in [2.24, 2.45) is 11.7 Å². The number of rotatable bonds is 6. The maximum Gasteiger partial charge on any atom is 0.321 e. The zero-order chi connectivity index (χ0) is 19.8. The van der Waals surface area contributed by atoms with Crippen molar-refractivity contribution in [3.8, 4) is 0 Å². The number of piperidine rings is 2. The van der Waals surface area contributed by atoms with Crippen molar-refractivity contribution in [3.63, 3.8) is 0 Å². The number of carbonyl (C=O) groups excluding carboxylic acids is 2. The van der Waals surface area contributed by atoms with E-state index in [0.29, 0.717) is 26.2 Å². The molecular weight excluding hydrogens is 392 g/mol. The average Bonchev–Trinajstić information content (AvgIpc) is 2.75. The molecule has 1 unspecified atom stereocenters. The van der Waals surface area contributed by atoms with Crippen LogP contribution >= 0.6 is 12.4 Å². The molecule has 0 radical (unpaired) electrons. The molecule has 1 aromatic rings. The van der Waals surface area contributed by atoms with Gasteiger partial charge in [-0.2, -0.15) is 0 Å². The number of amides is 3. The fraction of sp³-hybridized carbons (Fsp3) is 0.619. The van der Waals surface area contributed by atoms with Crippen LogP contribution in [0.2, 0.25) is 0 Å². The Bertz CT molecular complexity index is 638. The van der Waals surface area contributed by atoms with E-state index in [0.717, 1.165) is 50.9 Å². The Morgan fingerprint density at radius 1 is 1.07 bits per heavy atom. The number of likely N-dealkylation sites (tertiary alicyclic amines) is 2. The molecule has 3 rings (SSSR count). The zero-order valence-electron chi connectivity index (χ0n) is 16.9. The molecule has 2 aliphatic heterocycles. The Morgan fingerprint density at radius 2 is 1.79 bits per heavy atom. The van der Waals surface area contributed by atoms with Gasteiger partial charge >= 0.3 is 6.03 Å². The molecule has 162 valence electrons. The number of hydrogen-bond acceptors (Lipinski definition) is 4. The molecule has 3 N–H and O–H groups in total. The van der Waals surface area contributed by atoms with Crippen LogP contribution in [0.3, 0.4) is 0 Å². The van der Waals surface area contributed by atoms with Crippen molar-refractivity contribution in [1.29, 1.82) is 0 Å². The monoisotopic (exact) mass is 424 g/mol. The molecule has 2 heterocycles. The Hall–Kier alpha value is -1.83. The maximum absolute atomic E-state index is 13.0. The van der Waals surface area contributed by atoms with Crippen molar-refractivity contribution in [3.05, 3.63) is 30.3 Å². The quantitative estimate of drug-likeness (QED) is 0.687. The third-order valence-electron chi connectivity index (χ3n) is 5.54. The van der Waals surface area contributed by atoms with Crippen LogP contribution in [0.1, 0.15) is 32.1 Å². The van der Waals surface area contributed by atoms with E-state index >= 15 is 0 Å². The molecule has 0 saturated carbocycles. The Balaban J connectivity index is 0.00000300. The molecule has 2 fully saturated rings. The minimum atomic E-state index is -0.129. The van der Waals surface area contributed by atoms with Gasteiger partial charge in [0.25, 0.3) is 0 Å². The summed E-state index contributed by atoms with van der Waals surface area (Å²) in [4.78, 5) is 29.2. The molecule has 0 aromatic heterocycles. The van der Waals surface area contributed by atoms with Crippen LogP contribution in [0, 0.1) is 5.92 Å². The van der Waals surface area contributed by atoms with E-state index in [2.05, 4.69) is 5.32 Å². The number of anilines is 1. The van der Waals surface area contributed by atoms with Crippen LogP contribution in [0.25, 0.3) is 0 Å². The topological polar surface area (TPSA) is 87.9 Å². The molecular formula is C21H33ClN4O3. The first kappa shape index (κ1) is 23.4. The van der Waals surface area contributed by atoms with Crippen molar-refractivity contribution in [2.75, 3.05) is 44.6 Å². The van der Waals surface area contributed by atoms with Gasteiger partial charge in [-0.25, -0.2) is 4.79 Å². The van der Waals surface area contributed by atoms with Gasteiger partial charge < -0.3 is 25.6 Å². The Kier molecular flexibility index (Phi) is 9.70. The lowest BCUT2D eigenvalue weighted by Crippen LogP contribution is -2.50. The number of nitrogens with zero attached hydrogens (tertiary/aromatic N) is 2. The number of para-hydroxylation sites is 1. The number of halogens is 1. The van der Waals surface area contributed by atoms with Gasteiger partial charge in [0, 0.05) is 38.5 Å². The largest absolute Gasteiger partial charge is 0.378 e. The highest BCUT2D eigenvalue weighted by Gasteiger charge is 2.33. The Morgan fingerprint density at radius 3 is 2.48 bits per heavy atom. The van der Waals surface area contributed by atoms with E-state index < -0.39 is 0 Å². The normalized spacial score (nSPS) is 20.1. The van der Waals surface area contributed by atoms with Gasteiger partial charge in [0.2, 0.25) is 5.91 Å². The summed E-state index contributed by atoms with van der Waals surface area (Å²) in [6.07, 6.45) is 4.57. The molecule has 1 aromatic carbocycles. The smallest absolute Gasteiger partial charge is 0.321 e. The second kappa shape index (κ2) is 12.0. The summed E-state index contributed by atoms with van der Waals surface area (Å²) in [6.45, 7) is 4.00. The highest BCUT2D eigenvalue weighted by molar-refractivity contribution is 5.90. The summed E-state index contributed by atoms with van der Waals surface area (Å²) in [5.74, 6) is 0.0719. The van der Waals surface area contributed by atoms with E-state index in [-0.39, 0.29) is 36.4 Å². The van der Waals surface area contributed by atoms with Crippen molar-refractivity contribution < 1.29 is 14.3 Å². The number of nitrogens with one attached hydrogen (secondary N) is 1. The minimum absolute atomic E-state index is 0. The lowest BCUT2D eigenvalue weighted by Gasteiger charge is -2.37. The van der Waals surface area contributed by atoms with Gasteiger partial charge in [-0.1, -0.05) is 18.2 Å². The highest BCUT2D eigenvalue weighted by Crippen LogP contribution is 2.23. The predicted octanol–water partition coefficient (Wildman–Crippen LogP) is 2.71. The number of nitrogens with two attached hydrogens (primary N) is 1. The highest BCUT2D eigenvalue weighted by atomic mass is 35.5. The fourth-order valence-corrected chi connectivity index (χ4v) is 3.92. The molecule has 2 aliphatic rings. The summed E-state index contributed by atoms with van der Waals surface area (Å²) in [5.41, 5.74) is 6.27. The molecule has 29 heavy (non-hydrogen) atoms. The summed E-state index contributed by atoms with van der Waals surface area (Å²) >= 11 is 0. The molecule has 0 bridgehead atoms. The van der Waals surface area contributed by atoms with Crippen LogP contribution in [0.5, 0.6) is 0 Å². The summed E-state index contributed by atoms with van der Waals surface area (Å²) in [7, 11) is 0. The van der Waals surface area contributed by atoms with Gasteiger partial charge in [-0.3, -0.25) is 4.79 Å². The van der Waals surface area contributed by atoms with Gasteiger partial charge in [-0.15, -0.1) is 12.4 Å². The van der Waals surface area contributed by atoms with E-state index in [1.54, 1.807) is 4.90 Å². The second-order valence-electron chi connectivity index (χ2n) is 7.62. The molecule has 8 heteroatoms. The molecule has 0 spiro atoms. The van der Waals surface area contributed by atoms with E-state index in [1.807, 2.05) is 35.2 Å². The van der Waals surface area contributed by atoms with Crippen LogP contribution in [-0.2, 0) is 9.53 Å². The SMILES string of the molecule is Cl.NCCCOC1CCN(C(=O)C2CCCN(C(=O)Nc3ccccc3)C2)CC1. The number of ether oxygens (including phenoxy) is 1. The molecule has 1 atom stereocenters. The fourth-order valence-electron chi connectivity index (χ4n) is 3.92. The predicted molar refractivity (Wildman–Crippen MR) is 116 cm³/mol. The minimum Gasteiger partial charge on any atom is -0.378 e. The standard InChI is InChI=1S/C21H32N4O3.ClH/c22-11-5-15-28-19-9-13-24(14-10-19)20(26)17-6-4-12-25(16-17)21(27)23-18-7-2-1-3-8-18;/h1-3,7-8,17,19H,4-6,9-16,22H2,(H,23,27);1H. The first-order valence-corrected chi connectivity index (χ1v) is 10.4. The third kappa shape index (κ3) is 6.87. The number of hydrogen-bond donors (Lipinski definition) is 2. The summed E-state index contributed by atoms with van der Waals surface area (Å²) in [5, 5.41) is 2.92. The number of carbonyl (C=O) groups is 2. The second-order valence-corrected chi connectivity index (χ2v) is 7.62. The molecule has 0 aliphatic carbocycles. The first-order valence-electron chi connectivity index (χ1n) is 10.4. The van der Waals surface area contributed by atoms with Gasteiger partial charge in [-0.05, 0) is 50.8 Å². The van der Waals surface area contributed by atoms with Crippen molar-refractivity contribution >= 4 is 30.0 Å². The van der Waals surface area contributed by atoms with Gasteiger partial charge in [0.15, 0.2) is 0 Å². The summed E-state index contributed by atoms with van der Waals surface area (Å²) < 4.78 is 5.82. The Labute approximate surface area is 179 Å². The molecule has 7 nitrogen and oxygen atoms in total. The van der Waals surface area contributed by atoms with E-state index in [4.69, 9.17) is 10.5 Å². The van der Waals surface area contributed by atoms with Gasteiger partial charge in [0.1, 0.15) is 0 Å². The van der Waals surface area contributed by atoms with Crippen molar-refractivity contribution in [2.45, 2.75) is 38.2 Å². The maximum atomic E-state index is 13.0. The summed E-state index contributed by atoms with van der Waals surface area (Å²) in [6, 6.07) is 9.30. The number of urea groups is 1. The lowest BCUT2D eigenvalue weighted by molar-refractivity contribution is -0.139. The van der Waals surface area contributed by atoms with E-state index in [9.17, 15) is 9.59 Å². The van der Waals surface area contributed by atoms with Crippen LogP contribution in [-0.4, -0.2) is 67.2 Å². The van der Waals surface area contributed by atoms with Crippen LogP contribution < -0.4 is 11.1 Å². The third-order valence-corrected chi connectivity index (χ3v) is 5.54. The van der Waals surface area contributed by atoms with Crippen molar-refractivity contribution in [1.82, 2.24) is 9.80 Å². The molecule has 3 amide bonds. The zero-order valence-corrected chi connectivity index (χ0v) is 17.7. The first-order chi connectivity index (χ1) is 13.7. The average molecular weight is 425 g/mol. The van der Waals surface area contributed by atoms with Gasteiger partial charge in [0.05, 0.1) is 12.0 Å². The molecule has 2 saturated heterocycles.